The van der Waals surface area contributed by atoms with Gasteiger partial charge < -0.3 is 0 Å². The first-order valence-corrected chi connectivity index (χ1v) is 7.62. The molecular weight excluding hydrogens is 244 g/mol. The van der Waals surface area contributed by atoms with E-state index in [1.165, 1.54) is 37.7 Å². The second-order valence-electron chi connectivity index (χ2n) is 6.31. The summed E-state index contributed by atoms with van der Waals surface area (Å²) in [5.74, 6) is 0. The summed E-state index contributed by atoms with van der Waals surface area (Å²) >= 11 is 0. The van der Waals surface area contributed by atoms with Crippen LogP contribution in [0.25, 0.3) is 11.4 Å². The highest BCUT2D eigenvalue weighted by molar-refractivity contribution is 5.53. The van der Waals surface area contributed by atoms with Gasteiger partial charge in [0.05, 0.1) is 11.4 Å². The molecular formula is C18H22N2. The summed E-state index contributed by atoms with van der Waals surface area (Å²) in [6, 6.07) is 10.3. The van der Waals surface area contributed by atoms with E-state index in [0.717, 1.165) is 17.8 Å². The Hall–Kier alpha value is -1.70. The lowest BCUT2D eigenvalue weighted by molar-refractivity contribution is 0.214. The Labute approximate surface area is 121 Å². The van der Waals surface area contributed by atoms with Crippen molar-refractivity contribution in [1.82, 2.24) is 9.97 Å². The third-order valence-corrected chi connectivity index (χ3v) is 4.44. The molecule has 2 aromatic heterocycles. The second kappa shape index (κ2) is 5.74. The van der Waals surface area contributed by atoms with Crippen molar-refractivity contribution < 1.29 is 0 Å². The predicted molar refractivity (Wildman–Crippen MR) is 82.4 cm³/mol. The minimum Gasteiger partial charge on any atom is -0.255 e. The maximum absolute atomic E-state index is 4.58. The first-order chi connectivity index (χ1) is 9.75. The van der Waals surface area contributed by atoms with Crippen LogP contribution < -0.4 is 0 Å². The van der Waals surface area contributed by atoms with Gasteiger partial charge in [-0.25, -0.2) is 0 Å². The van der Waals surface area contributed by atoms with Gasteiger partial charge in [0.25, 0.3) is 0 Å². The fraction of sp³-hybridized carbons (Fsp3) is 0.444. The van der Waals surface area contributed by atoms with Gasteiger partial charge >= 0.3 is 0 Å². The van der Waals surface area contributed by atoms with Gasteiger partial charge in [-0.3, -0.25) is 9.97 Å². The Morgan fingerprint density at radius 1 is 0.950 bits per heavy atom. The molecule has 104 valence electrons. The number of hydrogen-bond donors (Lipinski definition) is 0. The van der Waals surface area contributed by atoms with Crippen LogP contribution >= 0.6 is 0 Å². The van der Waals surface area contributed by atoms with Crippen molar-refractivity contribution in [2.75, 3.05) is 0 Å². The molecule has 0 aromatic carbocycles. The average Bonchev–Trinajstić information content (AvgIpc) is 2.49. The van der Waals surface area contributed by atoms with E-state index in [4.69, 9.17) is 0 Å². The Bertz CT molecular complexity index is 539. The molecule has 1 saturated carbocycles. The summed E-state index contributed by atoms with van der Waals surface area (Å²) in [5.41, 5.74) is 3.74. The van der Waals surface area contributed by atoms with Crippen LogP contribution in [-0.2, 0) is 6.42 Å². The van der Waals surface area contributed by atoms with Gasteiger partial charge in [-0.05, 0) is 48.4 Å². The zero-order valence-electron chi connectivity index (χ0n) is 12.2. The molecule has 2 heterocycles. The fourth-order valence-electron chi connectivity index (χ4n) is 3.27. The zero-order valence-corrected chi connectivity index (χ0v) is 12.2. The highest BCUT2D eigenvalue weighted by Gasteiger charge is 2.26. The molecule has 0 spiro atoms. The van der Waals surface area contributed by atoms with Crippen molar-refractivity contribution in [2.24, 2.45) is 5.41 Å². The molecule has 0 amide bonds. The predicted octanol–water partition coefficient (Wildman–Crippen LogP) is 4.66. The molecule has 0 aliphatic heterocycles. The monoisotopic (exact) mass is 266 g/mol. The fourth-order valence-corrected chi connectivity index (χ4v) is 3.27. The zero-order chi connectivity index (χ0) is 13.8. The molecule has 0 radical (unpaired) electrons. The Morgan fingerprint density at radius 3 is 2.40 bits per heavy atom. The lowest BCUT2D eigenvalue weighted by Crippen LogP contribution is -2.22. The molecule has 1 fully saturated rings. The van der Waals surface area contributed by atoms with E-state index in [1.54, 1.807) is 0 Å². The van der Waals surface area contributed by atoms with Crippen LogP contribution in [0.4, 0.5) is 0 Å². The summed E-state index contributed by atoms with van der Waals surface area (Å²) in [6.45, 7) is 2.43. The minimum atomic E-state index is 0.479. The summed E-state index contributed by atoms with van der Waals surface area (Å²) < 4.78 is 0. The standard InChI is InChI=1S/C18H22N2/c1-18(10-4-2-5-11-18)13-15-8-9-17(20-14-15)16-7-3-6-12-19-16/h3,6-9,12,14H,2,4-5,10-11,13H2,1H3. The quantitative estimate of drug-likeness (QED) is 0.807. The van der Waals surface area contributed by atoms with Gasteiger partial charge in [0, 0.05) is 12.4 Å². The molecule has 2 aromatic rings. The lowest BCUT2D eigenvalue weighted by Gasteiger charge is -2.33. The van der Waals surface area contributed by atoms with Gasteiger partial charge in [-0.15, -0.1) is 0 Å². The third-order valence-electron chi connectivity index (χ3n) is 4.44. The van der Waals surface area contributed by atoms with E-state index in [-0.39, 0.29) is 0 Å². The molecule has 20 heavy (non-hydrogen) atoms. The minimum absolute atomic E-state index is 0.479. The Morgan fingerprint density at radius 2 is 1.75 bits per heavy atom. The summed E-state index contributed by atoms with van der Waals surface area (Å²) in [5, 5.41) is 0. The van der Waals surface area contributed by atoms with E-state index in [2.05, 4.69) is 29.0 Å². The number of hydrogen-bond acceptors (Lipinski definition) is 2. The van der Waals surface area contributed by atoms with Gasteiger partial charge in [0.1, 0.15) is 0 Å². The first-order valence-electron chi connectivity index (χ1n) is 7.62. The SMILES string of the molecule is CC1(Cc2ccc(-c3ccccn3)nc2)CCCCC1. The Kier molecular flexibility index (Phi) is 3.81. The van der Waals surface area contributed by atoms with Gasteiger partial charge in [0.15, 0.2) is 0 Å². The van der Waals surface area contributed by atoms with E-state index in [9.17, 15) is 0 Å². The van der Waals surface area contributed by atoms with Crippen LogP contribution in [0.15, 0.2) is 42.7 Å². The smallest absolute Gasteiger partial charge is 0.0886 e. The van der Waals surface area contributed by atoms with Crippen molar-refractivity contribution in [3.63, 3.8) is 0 Å². The van der Waals surface area contributed by atoms with Crippen molar-refractivity contribution in [3.05, 3.63) is 48.3 Å². The van der Waals surface area contributed by atoms with Gasteiger partial charge in [0.2, 0.25) is 0 Å². The van der Waals surface area contributed by atoms with Crippen LogP contribution in [-0.4, -0.2) is 9.97 Å². The average molecular weight is 266 g/mol. The molecule has 0 atom stereocenters. The highest BCUT2D eigenvalue weighted by atomic mass is 14.8. The summed E-state index contributed by atoms with van der Waals surface area (Å²) in [7, 11) is 0. The van der Waals surface area contributed by atoms with Gasteiger partial charge in [-0.1, -0.05) is 38.3 Å². The maximum atomic E-state index is 4.58. The van der Waals surface area contributed by atoms with Gasteiger partial charge in [-0.2, -0.15) is 0 Å². The topological polar surface area (TPSA) is 25.8 Å². The number of aromatic nitrogens is 2. The van der Waals surface area contributed by atoms with Crippen molar-refractivity contribution in [3.8, 4) is 11.4 Å². The molecule has 3 rings (SSSR count). The highest BCUT2D eigenvalue weighted by Crippen LogP contribution is 2.38. The first kappa shape index (κ1) is 13.3. The molecule has 1 aliphatic rings. The normalized spacial score (nSPS) is 17.9. The summed E-state index contributed by atoms with van der Waals surface area (Å²) in [6.07, 6.45) is 11.9. The maximum Gasteiger partial charge on any atom is 0.0886 e. The van der Waals surface area contributed by atoms with Crippen LogP contribution in [0.3, 0.4) is 0 Å². The molecule has 0 N–H and O–H groups in total. The molecule has 1 aliphatic carbocycles. The van der Waals surface area contributed by atoms with Crippen LogP contribution in [0, 0.1) is 5.41 Å². The van der Waals surface area contributed by atoms with E-state index in [0.29, 0.717) is 5.41 Å². The largest absolute Gasteiger partial charge is 0.255 e. The van der Waals surface area contributed by atoms with E-state index in [1.807, 2.05) is 30.6 Å². The number of rotatable bonds is 3. The molecule has 0 saturated heterocycles. The molecule has 2 heteroatoms. The molecule has 0 bridgehead atoms. The van der Waals surface area contributed by atoms with Crippen LogP contribution in [0.1, 0.15) is 44.6 Å². The van der Waals surface area contributed by atoms with E-state index >= 15 is 0 Å². The van der Waals surface area contributed by atoms with Crippen molar-refractivity contribution >= 4 is 0 Å². The van der Waals surface area contributed by atoms with Crippen LogP contribution in [0.5, 0.6) is 0 Å². The number of nitrogens with zero attached hydrogens (tertiary/aromatic N) is 2. The number of pyridine rings is 2. The van der Waals surface area contributed by atoms with Crippen molar-refractivity contribution in [2.45, 2.75) is 45.4 Å². The Balaban J connectivity index is 1.73. The van der Waals surface area contributed by atoms with Crippen molar-refractivity contribution in [1.29, 1.82) is 0 Å². The lowest BCUT2D eigenvalue weighted by atomic mass is 9.72. The third kappa shape index (κ3) is 3.06. The molecule has 0 unspecified atom stereocenters. The van der Waals surface area contributed by atoms with Crippen LogP contribution in [0.2, 0.25) is 0 Å². The molecule has 2 nitrogen and oxygen atoms in total. The summed E-state index contributed by atoms with van der Waals surface area (Å²) in [4.78, 5) is 8.93. The second-order valence-corrected chi connectivity index (χ2v) is 6.31. The van der Waals surface area contributed by atoms with E-state index < -0.39 is 0 Å².